The standard InChI is InChI=1S/C24H20ClN3O4S/c1-15-5-8-18(12-20(15)25)27-11-3-4-17(27)13-21-23(30)28(24(31)33-21)14-22(29)26-16-6-9-19(32-2)10-7-16/h3-13H,14H2,1-2H3,(H,26,29)/b21-13+. The van der Waals surface area contributed by atoms with Gasteiger partial charge < -0.3 is 14.6 Å². The van der Waals surface area contributed by atoms with Crippen molar-refractivity contribution in [1.29, 1.82) is 0 Å². The predicted octanol–water partition coefficient (Wildman–Crippen LogP) is 5.12. The number of carbonyl (C=O) groups is 3. The van der Waals surface area contributed by atoms with Gasteiger partial charge in [-0.05, 0) is 78.9 Å². The number of hydrogen-bond donors (Lipinski definition) is 1. The summed E-state index contributed by atoms with van der Waals surface area (Å²) in [5.41, 5.74) is 3.05. The normalized spacial score (nSPS) is 14.8. The van der Waals surface area contributed by atoms with Crippen LogP contribution < -0.4 is 10.1 Å². The van der Waals surface area contributed by atoms with Crippen LogP contribution in [-0.4, -0.2) is 40.2 Å². The zero-order valence-corrected chi connectivity index (χ0v) is 19.4. The fourth-order valence-electron chi connectivity index (χ4n) is 3.27. The molecule has 0 aliphatic carbocycles. The third-order valence-electron chi connectivity index (χ3n) is 5.04. The number of aromatic nitrogens is 1. The van der Waals surface area contributed by atoms with E-state index >= 15 is 0 Å². The fourth-order valence-corrected chi connectivity index (χ4v) is 4.27. The third-order valence-corrected chi connectivity index (χ3v) is 6.36. The van der Waals surface area contributed by atoms with Gasteiger partial charge in [0.05, 0.1) is 12.0 Å². The summed E-state index contributed by atoms with van der Waals surface area (Å²) in [6.07, 6.45) is 3.49. The second kappa shape index (κ2) is 9.56. The largest absolute Gasteiger partial charge is 0.497 e. The van der Waals surface area contributed by atoms with Gasteiger partial charge in [0.15, 0.2) is 0 Å². The number of benzene rings is 2. The van der Waals surface area contributed by atoms with Crippen LogP contribution in [0.25, 0.3) is 11.8 Å². The Kier molecular flexibility index (Phi) is 6.57. The summed E-state index contributed by atoms with van der Waals surface area (Å²) in [5.74, 6) is -0.326. The number of amides is 3. The molecule has 4 rings (SSSR count). The van der Waals surface area contributed by atoms with Crippen LogP contribution in [0.2, 0.25) is 5.02 Å². The van der Waals surface area contributed by atoms with Gasteiger partial charge >= 0.3 is 0 Å². The topological polar surface area (TPSA) is 80.6 Å². The fraction of sp³-hybridized carbons (Fsp3) is 0.125. The van der Waals surface area contributed by atoms with E-state index < -0.39 is 17.1 Å². The van der Waals surface area contributed by atoms with Crippen molar-refractivity contribution in [1.82, 2.24) is 9.47 Å². The maximum atomic E-state index is 12.8. The summed E-state index contributed by atoms with van der Waals surface area (Å²) in [7, 11) is 1.55. The highest BCUT2D eigenvalue weighted by molar-refractivity contribution is 8.18. The van der Waals surface area contributed by atoms with E-state index in [9.17, 15) is 14.4 Å². The molecule has 1 aliphatic rings. The van der Waals surface area contributed by atoms with Crippen LogP contribution in [0.4, 0.5) is 10.5 Å². The van der Waals surface area contributed by atoms with E-state index in [2.05, 4.69) is 5.32 Å². The average Bonchev–Trinajstić information content (AvgIpc) is 3.36. The van der Waals surface area contributed by atoms with Gasteiger partial charge in [-0.15, -0.1) is 0 Å². The molecule has 1 aliphatic heterocycles. The molecule has 1 aromatic heterocycles. The molecule has 3 amide bonds. The highest BCUT2D eigenvalue weighted by Gasteiger charge is 2.36. The van der Waals surface area contributed by atoms with Crippen LogP contribution in [0.1, 0.15) is 11.3 Å². The van der Waals surface area contributed by atoms with E-state index in [1.54, 1.807) is 37.5 Å². The SMILES string of the molecule is COc1ccc(NC(=O)CN2C(=O)S/C(=C/c3cccn3-c3ccc(C)c(Cl)c3)C2=O)cc1. The van der Waals surface area contributed by atoms with Gasteiger partial charge in [0.25, 0.3) is 11.1 Å². The zero-order chi connectivity index (χ0) is 23.5. The molecule has 2 aromatic carbocycles. The lowest BCUT2D eigenvalue weighted by molar-refractivity contribution is -0.127. The molecular weight excluding hydrogens is 462 g/mol. The minimum atomic E-state index is -0.510. The molecule has 0 atom stereocenters. The smallest absolute Gasteiger partial charge is 0.294 e. The van der Waals surface area contributed by atoms with Crippen LogP contribution in [0.15, 0.2) is 65.7 Å². The Labute approximate surface area is 200 Å². The van der Waals surface area contributed by atoms with Crippen LogP contribution in [0.5, 0.6) is 5.75 Å². The number of imide groups is 1. The molecule has 1 fully saturated rings. The second-order valence-corrected chi connectivity index (χ2v) is 8.68. The Morgan fingerprint density at radius 1 is 1.15 bits per heavy atom. The first-order valence-corrected chi connectivity index (χ1v) is 11.2. The van der Waals surface area contributed by atoms with Crippen molar-refractivity contribution in [2.75, 3.05) is 19.0 Å². The molecule has 1 N–H and O–H groups in total. The number of methoxy groups -OCH3 is 1. The highest BCUT2D eigenvalue weighted by Crippen LogP contribution is 2.33. The quantitative estimate of drug-likeness (QED) is 0.494. The lowest BCUT2D eigenvalue weighted by Crippen LogP contribution is -2.36. The van der Waals surface area contributed by atoms with E-state index in [4.69, 9.17) is 16.3 Å². The van der Waals surface area contributed by atoms with E-state index in [1.807, 2.05) is 48.0 Å². The molecule has 0 saturated carbocycles. The number of aryl methyl sites for hydroxylation is 1. The summed E-state index contributed by atoms with van der Waals surface area (Å²) < 4.78 is 6.96. The number of hydrogen-bond acceptors (Lipinski definition) is 5. The number of anilines is 1. The van der Waals surface area contributed by atoms with Crippen molar-refractivity contribution >= 4 is 52.2 Å². The van der Waals surface area contributed by atoms with E-state index in [0.29, 0.717) is 22.2 Å². The summed E-state index contributed by atoms with van der Waals surface area (Å²) >= 11 is 7.06. The summed E-state index contributed by atoms with van der Waals surface area (Å²) in [4.78, 5) is 38.9. The second-order valence-electron chi connectivity index (χ2n) is 7.28. The minimum absolute atomic E-state index is 0.246. The minimum Gasteiger partial charge on any atom is -0.497 e. The summed E-state index contributed by atoms with van der Waals surface area (Å²) in [5, 5.41) is 2.82. The molecule has 3 aromatic rings. The van der Waals surface area contributed by atoms with Crippen molar-refractivity contribution in [3.8, 4) is 11.4 Å². The number of ether oxygens (including phenoxy) is 1. The van der Waals surface area contributed by atoms with E-state index in [-0.39, 0.29) is 11.4 Å². The van der Waals surface area contributed by atoms with Crippen LogP contribution in [0, 0.1) is 6.92 Å². The van der Waals surface area contributed by atoms with Crippen LogP contribution in [-0.2, 0) is 9.59 Å². The molecule has 1 saturated heterocycles. The molecule has 0 bridgehead atoms. The monoisotopic (exact) mass is 481 g/mol. The molecule has 0 spiro atoms. The van der Waals surface area contributed by atoms with Crippen molar-refractivity contribution in [3.05, 3.63) is 82.0 Å². The Morgan fingerprint density at radius 3 is 2.61 bits per heavy atom. The van der Waals surface area contributed by atoms with E-state index in [0.717, 1.165) is 27.9 Å². The Hall–Kier alpha value is -3.49. The van der Waals surface area contributed by atoms with Gasteiger partial charge in [-0.25, -0.2) is 0 Å². The first kappa shape index (κ1) is 22.7. The number of halogens is 1. The first-order valence-electron chi connectivity index (χ1n) is 9.99. The zero-order valence-electron chi connectivity index (χ0n) is 17.9. The van der Waals surface area contributed by atoms with Crippen molar-refractivity contribution in [3.63, 3.8) is 0 Å². The number of nitrogens with one attached hydrogen (secondary N) is 1. The lowest BCUT2D eigenvalue weighted by atomic mass is 10.2. The third kappa shape index (κ3) is 4.97. The van der Waals surface area contributed by atoms with Gasteiger partial charge in [-0.2, -0.15) is 0 Å². The lowest BCUT2D eigenvalue weighted by Gasteiger charge is -2.12. The Balaban J connectivity index is 1.48. The molecule has 2 heterocycles. The number of nitrogens with zero attached hydrogens (tertiary/aromatic N) is 2. The molecule has 7 nitrogen and oxygen atoms in total. The van der Waals surface area contributed by atoms with Crippen molar-refractivity contribution < 1.29 is 19.1 Å². The first-order chi connectivity index (χ1) is 15.9. The van der Waals surface area contributed by atoms with Gasteiger partial charge in [-0.1, -0.05) is 17.7 Å². The number of carbonyl (C=O) groups excluding carboxylic acids is 3. The molecule has 0 radical (unpaired) electrons. The van der Waals surface area contributed by atoms with Gasteiger partial charge in [-0.3, -0.25) is 19.3 Å². The van der Waals surface area contributed by atoms with Crippen molar-refractivity contribution in [2.45, 2.75) is 6.92 Å². The molecule has 168 valence electrons. The maximum absolute atomic E-state index is 12.8. The summed E-state index contributed by atoms with van der Waals surface area (Å²) in [6.45, 7) is 1.55. The highest BCUT2D eigenvalue weighted by atomic mass is 35.5. The Bertz CT molecular complexity index is 1270. The maximum Gasteiger partial charge on any atom is 0.294 e. The molecule has 9 heteroatoms. The predicted molar refractivity (Wildman–Crippen MR) is 130 cm³/mol. The molecule has 33 heavy (non-hydrogen) atoms. The Morgan fingerprint density at radius 2 is 1.91 bits per heavy atom. The average molecular weight is 482 g/mol. The number of rotatable bonds is 6. The van der Waals surface area contributed by atoms with Gasteiger partial charge in [0, 0.05) is 28.3 Å². The summed E-state index contributed by atoms with van der Waals surface area (Å²) in [6, 6.07) is 16.1. The molecular formula is C24H20ClN3O4S. The van der Waals surface area contributed by atoms with Crippen molar-refractivity contribution in [2.24, 2.45) is 0 Å². The van der Waals surface area contributed by atoms with Gasteiger partial charge in [0.2, 0.25) is 5.91 Å². The number of thioether (sulfide) groups is 1. The van der Waals surface area contributed by atoms with Gasteiger partial charge in [0.1, 0.15) is 12.3 Å². The molecule has 0 unspecified atom stereocenters. The van der Waals surface area contributed by atoms with Crippen LogP contribution >= 0.6 is 23.4 Å². The van der Waals surface area contributed by atoms with E-state index in [1.165, 1.54) is 0 Å². The van der Waals surface area contributed by atoms with Crippen LogP contribution in [0.3, 0.4) is 0 Å².